The van der Waals surface area contributed by atoms with Crippen LogP contribution in [0.5, 0.6) is 5.75 Å². The zero-order valence-corrected chi connectivity index (χ0v) is 20.2. The Morgan fingerprint density at radius 1 is 1.18 bits per heavy atom. The summed E-state index contributed by atoms with van der Waals surface area (Å²) in [6, 6.07) is 9.63. The quantitative estimate of drug-likeness (QED) is 0.486. The molecule has 1 fully saturated rings. The first-order valence-corrected chi connectivity index (χ1v) is 12.6. The molecule has 1 aromatic heterocycles. The maximum absolute atomic E-state index is 12.9. The van der Waals surface area contributed by atoms with Crippen molar-refractivity contribution in [1.82, 2.24) is 9.29 Å². The molecular weight excluding hydrogens is 482 g/mol. The van der Waals surface area contributed by atoms with E-state index in [9.17, 15) is 18.0 Å². The Balaban J connectivity index is 1.41. The topological polar surface area (TPSA) is 124 Å². The van der Waals surface area contributed by atoms with E-state index in [1.54, 1.807) is 32.2 Å². The molecule has 180 valence electrons. The predicted molar refractivity (Wildman–Crippen MR) is 126 cm³/mol. The molecule has 12 heteroatoms. The van der Waals surface area contributed by atoms with Gasteiger partial charge in [-0.1, -0.05) is 17.4 Å². The summed E-state index contributed by atoms with van der Waals surface area (Å²) in [5.41, 5.74) is 1.31. The van der Waals surface area contributed by atoms with Gasteiger partial charge in [-0.05, 0) is 42.8 Å². The van der Waals surface area contributed by atoms with Crippen molar-refractivity contribution in [1.29, 1.82) is 0 Å². The fraction of sp³-hybridized carbons (Fsp3) is 0.318. The molecule has 1 N–H and O–H groups in total. The minimum Gasteiger partial charge on any atom is -0.497 e. The summed E-state index contributed by atoms with van der Waals surface area (Å²) < 4.78 is 43.5. The molecule has 2 aromatic carbocycles. The maximum Gasteiger partial charge on any atom is 0.338 e. The highest BCUT2D eigenvalue weighted by Gasteiger charge is 2.27. The van der Waals surface area contributed by atoms with E-state index in [0.717, 1.165) is 4.70 Å². The number of hydrogen-bond acceptors (Lipinski definition) is 9. The van der Waals surface area contributed by atoms with Gasteiger partial charge in [-0.3, -0.25) is 10.1 Å². The summed E-state index contributed by atoms with van der Waals surface area (Å²) in [5, 5.41) is 2.97. The van der Waals surface area contributed by atoms with Gasteiger partial charge in [0.15, 0.2) is 11.7 Å². The van der Waals surface area contributed by atoms with Gasteiger partial charge in [-0.2, -0.15) is 4.31 Å². The number of nitrogens with zero attached hydrogens (tertiary/aromatic N) is 2. The fourth-order valence-electron chi connectivity index (χ4n) is 3.37. The third-order valence-corrected chi connectivity index (χ3v) is 8.04. The van der Waals surface area contributed by atoms with E-state index in [1.807, 2.05) is 6.07 Å². The van der Waals surface area contributed by atoms with Crippen molar-refractivity contribution in [2.75, 3.05) is 45.3 Å². The van der Waals surface area contributed by atoms with Crippen molar-refractivity contribution in [3.63, 3.8) is 0 Å². The Labute approximate surface area is 200 Å². The molecule has 1 aliphatic heterocycles. The standard InChI is InChI=1S/C22H23N3O7S2/c1-14-3-5-16(34(28,29)25-7-9-31-10-8-25)12-17(14)21(27)32-13-20(26)24-22-23-18-6-4-15(30-2)11-19(18)33-22/h3-6,11-12H,7-10,13H2,1-2H3,(H,23,24,26). The number of hydrogen-bond donors (Lipinski definition) is 1. The number of nitrogens with one attached hydrogen (secondary N) is 1. The number of anilines is 1. The number of aryl methyl sites for hydroxylation is 1. The molecule has 34 heavy (non-hydrogen) atoms. The van der Waals surface area contributed by atoms with E-state index in [0.29, 0.717) is 35.2 Å². The largest absolute Gasteiger partial charge is 0.497 e. The number of sulfonamides is 1. The van der Waals surface area contributed by atoms with Crippen LogP contribution in [0.2, 0.25) is 0 Å². The zero-order valence-electron chi connectivity index (χ0n) is 18.6. The lowest BCUT2D eigenvalue weighted by molar-refractivity contribution is -0.119. The number of amides is 1. The number of rotatable bonds is 7. The number of ether oxygens (including phenoxy) is 3. The van der Waals surface area contributed by atoms with E-state index < -0.39 is 28.5 Å². The summed E-state index contributed by atoms with van der Waals surface area (Å²) in [6.07, 6.45) is 0. The summed E-state index contributed by atoms with van der Waals surface area (Å²) in [4.78, 5) is 29.2. The van der Waals surface area contributed by atoms with Crippen LogP contribution >= 0.6 is 11.3 Å². The molecule has 10 nitrogen and oxygen atoms in total. The van der Waals surface area contributed by atoms with Crippen molar-refractivity contribution < 1.29 is 32.2 Å². The van der Waals surface area contributed by atoms with Gasteiger partial charge in [-0.15, -0.1) is 0 Å². The molecule has 0 bridgehead atoms. The molecule has 0 unspecified atom stereocenters. The highest BCUT2D eigenvalue weighted by atomic mass is 32.2. The van der Waals surface area contributed by atoms with Gasteiger partial charge in [0.05, 0.1) is 41.0 Å². The molecule has 0 aliphatic carbocycles. The zero-order chi connectivity index (χ0) is 24.3. The van der Waals surface area contributed by atoms with Crippen molar-refractivity contribution in [2.45, 2.75) is 11.8 Å². The summed E-state index contributed by atoms with van der Waals surface area (Å²) in [5.74, 6) is -0.675. The lowest BCUT2D eigenvalue weighted by Gasteiger charge is -2.26. The lowest BCUT2D eigenvalue weighted by atomic mass is 10.1. The highest BCUT2D eigenvalue weighted by Crippen LogP contribution is 2.29. The Morgan fingerprint density at radius 2 is 1.94 bits per heavy atom. The molecule has 0 radical (unpaired) electrons. The molecule has 2 heterocycles. The summed E-state index contributed by atoms with van der Waals surface area (Å²) >= 11 is 1.26. The van der Waals surface area contributed by atoms with Gasteiger partial charge >= 0.3 is 5.97 Å². The first-order valence-electron chi connectivity index (χ1n) is 10.4. The number of aromatic nitrogens is 1. The molecule has 1 aliphatic rings. The van der Waals surface area contributed by atoms with Crippen LogP contribution < -0.4 is 10.1 Å². The SMILES string of the molecule is COc1ccc2nc(NC(=O)COC(=O)c3cc(S(=O)(=O)N4CCOCC4)ccc3C)sc2c1. The second-order valence-electron chi connectivity index (χ2n) is 7.47. The van der Waals surface area contributed by atoms with Gasteiger partial charge in [0.1, 0.15) is 5.75 Å². The molecule has 1 amide bonds. The molecule has 0 saturated carbocycles. The second-order valence-corrected chi connectivity index (χ2v) is 10.4. The van der Waals surface area contributed by atoms with Crippen LogP contribution in [-0.2, 0) is 24.3 Å². The molecule has 0 atom stereocenters. The molecular formula is C22H23N3O7S2. The summed E-state index contributed by atoms with van der Waals surface area (Å²) in [7, 11) is -2.21. The van der Waals surface area contributed by atoms with Crippen LogP contribution in [0.4, 0.5) is 5.13 Å². The summed E-state index contributed by atoms with van der Waals surface area (Å²) in [6.45, 7) is 2.24. The van der Waals surface area contributed by atoms with Crippen LogP contribution in [0.15, 0.2) is 41.3 Å². The van der Waals surface area contributed by atoms with Crippen molar-refractivity contribution >= 4 is 48.6 Å². The number of thiazole rings is 1. The molecule has 1 saturated heterocycles. The van der Waals surface area contributed by atoms with Crippen LogP contribution in [0.3, 0.4) is 0 Å². The minimum atomic E-state index is -3.77. The van der Waals surface area contributed by atoms with Crippen LogP contribution in [0.25, 0.3) is 10.2 Å². The van der Waals surface area contributed by atoms with Gasteiger partial charge < -0.3 is 14.2 Å². The fourth-order valence-corrected chi connectivity index (χ4v) is 5.71. The maximum atomic E-state index is 12.9. The van der Waals surface area contributed by atoms with E-state index in [4.69, 9.17) is 14.2 Å². The molecule has 0 spiro atoms. The van der Waals surface area contributed by atoms with E-state index in [2.05, 4.69) is 10.3 Å². The Morgan fingerprint density at radius 3 is 2.68 bits per heavy atom. The highest BCUT2D eigenvalue weighted by molar-refractivity contribution is 7.89. The van der Waals surface area contributed by atoms with Crippen LogP contribution in [0, 0.1) is 6.92 Å². The van der Waals surface area contributed by atoms with Crippen LogP contribution in [-0.4, -0.2) is 69.6 Å². The first-order chi connectivity index (χ1) is 16.3. The first kappa shape index (κ1) is 24.1. The normalized spacial score (nSPS) is 14.6. The smallest absolute Gasteiger partial charge is 0.338 e. The third kappa shape index (κ3) is 5.20. The number of morpholine rings is 1. The third-order valence-electron chi connectivity index (χ3n) is 5.21. The Kier molecular flexibility index (Phi) is 7.12. The minimum absolute atomic E-state index is 0.0127. The number of esters is 1. The molecule has 4 rings (SSSR count). The Bertz CT molecular complexity index is 1330. The van der Waals surface area contributed by atoms with Gasteiger partial charge in [0.25, 0.3) is 5.91 Å². The number of fused-ring (bicyclic) bond motifs is 1. The number of carbonyl (C=O) groups excluding carboxylic acids is 2. The Hall–Kier alpha value is -3.06. The lowest BCUT2D eigenvalue weighted by Crippen LogP contribution is -2.40. The average Bonchev–Trinajstić information content (AvgIpc) is 3.24. The van der Waals surface area contributed by atoms with Crippen molar-refractivity contribution in [2.24, 2.45) is 0 Å². The second kappa shape index (κ2) is 10.1. The van der Waals surface area contributed by atoms with Gasteiger partial charge in [0.2, 0.25) is 10.0 Å². The van der Waals surface area contributed by atoms with E-state index in [1.165, 1.54) is 27.8 Å². The monoisotopic (exact) mass is 505 g/mol. The molecule has 3 aromatic rings. The van der Waals surface area contributed by atoms with E-state index in [-0.39, 0.29) is 23.5 Å². The number of benzene rings is 2. The van der Waals surface area contributed by atoms with Gasteiger partial charge in [-0.25, -0.2) is 18.2 Å². The number of methoxy groups -OCH3 is 1. The van der Waals surface area contributed by atoms with Gasteiger partial charge in [0, 0.05) is 13.1 Å². The van der Waals surface area contributed by atoms with Crippen molar-refractivity contribution in [3.05, 3.63) is 47.5 Å². The van der Waals surface area contributed by atoms with E-state index >= 15 is 0 Å². The average molecular weight is 506 g/mol. The van der Waals surface area contributed by atoms with Crippen molar-refractivity contribution in [3.8, 4) is 5.75 Å². The predicted octanol–water partition coefficient (Wildman–Crippen LogP) is 2.43. The number of carbonyl (C=O) groups is 2. The van der Waals surface area contributed by atoms with Crippen LogP contribution in [0.1, 0.15) is 15.9 Å².